The van der Waals surface area contributed by atoms with Gasteiger partial charge in [-0.3, -0.25) is 9.59 Å². The molecule has 0 radical (unpaired) electrons. The summed E-state index contributed by atoms with van der Waals surface area (Å²) in [5.74, 6) is -1.44. The van der Waals surface area contributed by atoms with Crippen molar-refractivity contribution in [3.8, 4) is 0 Å². The van der Waals surface area contributed by atoms with E-state index in [1.165, 1.54) is 0 Å². The number of hydrogen-bond acceptors (Lipinski definition) is 4. The molecule has 0 aliphatic heterocycles. The van der Waals surface area contributed by atoms with E-state index in [2.05, 4.69) is 31.4 Å². The zero-order chi connectivity index (χ0) is 19.6. The van der Waals surface area contributed by atoms with Gasteiger partial charge in [0.2, 0.25) is 5.91 Å². The van der Waals surface area contributed by atoms with Crippen LogP contribution in [0.4, 0.5) is 4.79 Å². The van der Waals surface area contributed by atoms with Gasteiger partial charge in [0, 0.05) is 13.0 Å². The van der Waals surface area contributed by atoms with Crippen LogP contribution in [0.3, 0.4) is 0 Å². The monoisotopic (exact) mass is 364 g/mol. The fourth-order valence-electron chi connectivity index (χ4n) is 2.13. The van der Waals surface area contributed by atoms with Gasteiger partial charge < -0.3 is 20.5 Å². The van der Waals surface area contributed by atoms with Crippen molar-refractivity contribution in [1.29, 1.82) is 0 Å². The topological polar surface area (TPSA) is 105 Å². The van der Waals surface area contributed by atoms with E-state index in [0.717, 1.165) is 12.0 Å². The molecule has 7 nitrogen and oxygen atoms in total. The first kappa shape index (κ1) is 21.5. The minimum atomic E-state index is -1.03. The van der Waals surface area contributed by atoms with Crippen LogP contribution in [0.5, 0.6) is 0 Å². The van der Waals surface area contributed by atoms with Crippen molar-refractivity contribution in [3.05, 3.63) is 35.9 Å². The van der Waals surface area contributed by atoms with Crippen LogP contribution in [0.1, 0.15) is 45.6 Å². The van der Waals surface area contributed by atoms with Crippen molar-refractivity contribution in [2.75, 3.05) is 6.54 Å². The first-order valence-electron chi connectivity index (χ1n) is 8.64. The molecular formula is C19H28N2O5. The lowest BCUT2D eigenvalue weighted by Crippen LogP contribution is -2.47. The number of carbonyl (C=O) groups is 3. The molecule has 1 aromatic rings. The highest BCUT2D eigenvalue weighted by Gasteiger charge is 2.22. The molecule has 144 valence electrons. The highest BCUT2D eigenvalue weighted by Crippen LogP contribution is 2.17. The van der Waals surface area contributed by atoms with Gasteiger partial charge >= 0.3 is 12.1 Å². The molecule has 1 rings (SSSR count). The average Bonchev–Trinajstić information content (AvgIpc) is 2.56. The summed E-state index contributed by atoms with van der Waals surface area (Å²) >= 11 is 0. The first-order valence-corrected chi connectivity index (χ1v) is 8.64. The standard InChI is InChI=1S/C19H28N2O5/c1-19(2,3)11-12-20-17(24)15(9-10-16(22)23)21-18(25)26-13-14-7-5-4-6-8-14/h4-8,15H,9-13H2,1-3H3,(H,20,24)(H,21,25)(H,22,23)/t15-/m1/s1. The number of aliphatic carboxylic acids is 1. The zero-order valence-electron chi connectivity index (χ0n) is 15.6. The third-order valence-electron chi connectivity index (χ3n) is 3.64. The maximum atomic E-state index is 12.3. The predicted octanol–water partition coefficient (Wildman–Crippen LogP) is 2.70. The Hall–Kier alpha value is -2.57. The second-order valence-corrected chi connectivity index (χ2v) is 7.29. The van der Waals surface area contributed by atoms with Crippen LogP contribution in [0.25, 0.3) is 0 Å². The number of benzene rings is 1. The molecule has 1 atom stereocenters. The van der Waals surface area contributed by atoms with E-state index in [4.69, 9.17) is 9.84 Å². The van der Waals surface area contributed by atoms with Crippen LogP contribution in [0.2, 0.25) is 0 Å². The smallest absolute Gasteiger partial charge is 0.408 e. The Morgan fingerprint density at radius 1 is 1.15 bits per heavy atom. The van der Waals surface area contributed by atoms with Crippen molar-refractivity contribution in [2.45, 2.75) is 52.7 Å². The number of carboxylic acid groups (broad SMARTS) is 1. The highest BCUT2D eigenvalue weighted by molar-refractivity contribution is 5.86. The van der Waals surface area contributed by atoms with Crippen molar-refractivity contribution in [1.82, 2.24) is 10.6 Å². The summed E-state index contributed by atoms with van der Waals surface area (Å²) in [6, 6.07) is 8.19. The molecular weight excluding hydrogens is 336 g/mol. The Labute approximate surface area is 154 Å². The fourth-order valence-corrected chi connectivity index (χ4v) is 2.13. The van der Waals surface area contributed by atoms with Gasteiger partial charge in [0.05, 0.1) is 0 Å². The Bertz CT molecular complexity index is 596. The van der Waals surface area contributed by atoms with E-state index >= 15 is 0 Å². The third kappa shape index (κ3) is 9.66. The van der Waals surface area contributed by atoms with Crippen molar-refractivity contribution in [3.63, 3.8) is 0 Å². The summed E-state index contributed by atoms with van der Waals surface area (Å²) in [5.41, 5.74) is 0.880. The zero-order valence-corrected chi connectivity index (χ0v) is 15.6. The van der Waals surface area contributed by atoms with E-state index in [-0.39, 0.29) is 24.9 Å². The second kappa shape index (κ2) is 10.4. The molecule has 3 N–H and O–H groups in total. The number of nitrogens with one attached hydrogen (secondary N) is 2. The molecule has 0 aliphatic rings. The lowest BCUT2D eigenvalue weighted by Gasteiger charge is -2.21. The number of rotatable bonds is 9. The maximum absolute atomic E-state index is 12.3. The predicted molar refractivity (Wildman–Crippen MR) is 97.5 cm³/mol. The van der Waals surface area contributed by atoms with Gasteiger partial charge in [0.25, 0.3) is 0 Å². The molecule has 0 aromatic heterocycles. The number of carboxylic acids is 1. The summed E-state index contributed by atoms with van der Waals surface area (Å²) in [7, 11) is 0. The van der Waals surface area contributed by atoms with Crippen molar-refractivity contribution >= 4 is 18.0 Å². The molecule has 0 unspecified atom stereocenters. The normalized spacial score (nSPS) is 12.1. The number of amides is 2. The van der Waals surface area contributed by atoms with Crippen LogP contribution in [-0.4, -0.2) is 35.7 Å². The highest BCUT2D eigenvalue weighted by atomic mass is 16.5. The Morgan fingerprint density at radius 3 is 2.38 bits per heavy atom. The lowest BCUT2D eigenvalue weighted by molar-refractivity contribution is -0.137. The third-order valence-corrected chi connectivity index (χ3v) is 3.64. The molecule has 0 spiro atoms. The lowest BCUT2D eigenvalue weighted by atomic mass is 9.92. The molecule has 2 amide bonds. The van der Waals surface area contributed by atoms with E-state index < -0.39 is 24.0 Å². The number of hydrogen-bond donors (Lipinski definition) is 3. The SMILES string of the molecule is CC(C)(C)CCNC(=O)[C@@H](CCC(=O)O)NC(=O)OCc1ccccc1. The molecule has 7 heteroatoms. The number of alkyl carbamates (subject to hydrolysis) is 1. The fraction of sp³-hybridized carbons (Fsp3) is 0.526. The van der Waals surface area contributed by atoms with Crippen LogP contribution in [0.15, 0.2) is 30.3 Å². The summed E-state index contributed by atoms with van der Waals surface area (Å²) in [4.78, 5) is 35.0. The summed E-state index contributed by atoms with van der Waals surface area (Å²) in [6.45, 7) is 6.69. The van der Waals surface area contributed by atoms with Gasteiger partial charge in [-0.05, 0) is 23.8 Å². The Kier molecular flexibility index (Phi) is 8.61. The average molecular weight is 364 g/mol. The van der Waals surface area contributed by atoms with Gasteiger partial charge in [-0.1, -0.05) is 51.1 Å². The van der Waals surface area contributed by atoms with E-state index in [0.29, 0.717) is 6.54 Å². The van der Waals surface area contributed by atoms with Crippen molar-refractivity contribution < 1.29 is 24.2 Å². The largest absolute Gasteiger partial charge is 0.481 e. The molecule has 0 heterocycles. The van der Waals surface area contributed by atoms with Gasteiger partial charge in [-0.15, -0.1) is 0 Å². The summed E-state index contributed by atoms with van der Waals surface area (Å²) in [5, 5.41) is 14.0. The molecule has 0 aliphatic carbocycles. The van der Waals surface area contributed by atoms with E-state index in [1.807, 2.05) is 30.3 Å². The molecule has 26 heavy (non-hydrogen) atoms. The van der Waals surface area contributed by atoms with Gasteiger partial charge in [0.15, 0.2) is 0 Å². The molecule has 0 saturated heterocycles. The Balaban J connectivity index is 2.53. The van der Waals surface area contributed by atoms with Gasteiger partial charge in [0.1, 0.15) is 12.6 Å². The molecule has 0 bridgehead atoms. The summed E-state index contributed by atoms with van der Waals surface area (Å²) < 4.78 is 5.10. The number of ether oxygens (including phenoxy) is 1. The minimum Gasteiger partial charge on any atom is -0.481 e. The second-order valence-electron chi connectivity index (χ2n) is 7.29. The molecule has 1 aromatic carbocycles. The number of carbonyl (C=O) groups excluding carboxylic acids is 2. The van der Waals surface area contributed by atoms with Crippen LogP contribution in [0, 0.1) is 5.41 Å². The minimum absolute atomic E-state index is 0.00286. The Morgan fingerprint density at radius 2 is 1.81 bits per heavy atom. The van der Waals surface area contributed by atoms with Gasteiger partial charge in [-0.2, -0.15) is 0 Å². The van der Waals surface area contributed by atoms with E-state index in [1.54, 1.807) is 0 Å². The van der Waals surface area contributed by atoms with Crippen LogP contribution < -0.4 is 10.6 Å². The molecule has 0 fully saturated rings. The van der Waals surface area contributed by atoms with Crippen LogP contribution in [-0.2, 0) is 20.9 Å². The summed E-state index contributed by atoms with van der Waals surface area (Å²) in [6.07, 6.45) is -0.216. The van der Waals surface area contributed by atoms with Crippen LogP contribution >= 0.6 is 0 Å². The first-order chi connectivity index (χ1) is 12.2. The van der Waals surface area contributed by atoms with Crippen molar-refractivity contribution in [2.24, 2.45) is 5.41 Å². The van der Waals surface area contributed by atoms with E-state index in [9.17, 15) is 14.4 Å². The maximum Gasteiger partial charge on any atom is 0.408 e. The van der Waals surface area contributed by atoms with Gasteiger partial charge in [-0.25, -0.2) is 4.79 Å². The quantitative estimate of drug-likeness (QED) is 0.625. The molecule has 0 saturated carbocycles.